The first-order chi connectivity index (χ1) is 29.2. The van der Waals surface area contributed by atoms with E-state index in [2.05, 4.69) is 192 Å². The fraction of sp³-hybridized carbons (Fsp3) is 0.0357. The van der Waals surface area contributed by atoms with Crippen LogP contribution in [0.2, 0.25) is 0 Å². The second-order valence-corrected chi connectivity index (χ2v) is 16.0. The summed E-state index contributed by atoms with van der Waals surface area (Å²) in [6.07, 6.45) is 7.01. The maximum atomic E-state index is 5.36. The minimum absolute atomic E-state index is 0.952. The molecule has 0 saturated carbocycles. The first-order valence-electron chi connectivity index (χ1n) is 20.5. The molecule has 9 aromatic carbocycles. The fourth-order valence-electron chi connectivity index (χ4n) is 9.94. The SMILES string of the molecule is C1=c2c(-c3ccc4ccccc4c3)c3ccc(-c4ccc5c(c4)c4nc6ccccc6cc4n4c6ccccc6nc54)cc3c(-c3ccc4ccccc4c3)c2=CCC1. The van der Waals surface area contributed by atoms with Gasteiger partial charge in [-0.05, 0) is 144 Å². The average molecular weight is 750 g/mol. The van der Waals surface area contributed by atoms with E-state index in [0.717, 1.165) is 67.8 Å². The lowest BCUT2D eigenvalue weighted by molar-refractivity contribution is 1.12. The predicted molar refractivity (Wildman–Crippen MR) is 249 cm³/mol. The molecule has 1 aliphatic rings. The minimum atomic E-state index is 0.952. The van der Waals surface area contributed by atoms with Crippen LogP contribution in [0.25, 0.3) is 127 Å². The average Bonchev–Trinajstić information content (AvgIpc) is 3.70. The third-order valence-electron chi connectivity index (χ3n) is 12.7. The zero-order chi connectivity index (χ0) is 38.6. The third-order valence-corrected chi connectivity index (χ3v) is 12.7. The van der Waals surface area contributed by atoms with Crippen LogP contribution < -0.4 is 10.4 Å². The van der Waals surface area contributed by atoms with Gasteiger partial charge in [0.2, 0.25) is 0 Å². The maximum Gasteiger partial charge on any atom is 0.146 e. The van der Waals surface area contributed by atoms with Crippen LogP contribution in [-0.2, 0) is 0 Å². The van der Waals surface area contributed by atoms with Crippen LogP contribution in [0.1, 0.15) is 12.8 Å². The van der Waals surface area contributed by atoms with Gasteiger partial charge in [-0.2, -0.15) is 0 Å². The van der Waals surface area contributed by atoms with E-state index in [0.29, 0.717) is 0 Å². The number of nitrogens with zero attached hydrogens (tertiary/aromatic N) is 3. The molecule has 0 saturated heterocycles. The Kier molecular flexibility index (Phi) is 6.84. The number of imidazole rings is 1. The molecule has 274 valence electrons. The minimum Gasteiger partial charge on any atom is -0.290 e. The van der Waals surface area contributed by atoms with E-state index < -0.39 is 0 Å². The van der Waals surface area contributed by atoms with Gasteiger partial charge < -0.3 is 0 Å². The zero-order valence-corrected chi connectivity index (χ0v) is 32.2. The first kappa shape index (κ1) is 32.5. The zero-order valence-electron chi connectivity index (χ0n) is 32.2. The van der Waals surface area contributed by atoms with Gasteiger partial charge in [0, 0.05) is 16.2 Å². The van der Waals surface area contributed by atoms with Crippen molar-refractivity contribution >= 4 is 93.9 Å². The van der Waals surface area contributed by atoms with Crippen LogP contribution >= 0.6 is 0 Å². The highest BCUT2D eigenvalue weighted by Gasteiger charge is 2.20. The monoisotopic (exact) mass is 749 g/mol. The molecule has 3 aromatic heterocycles. The van der Waals surface area contributed by atoms with Crippen molar-refractivity contribution in [2.45, 2.75) is 12.8 Å². The van der Waals surface area contributed by atoms with Crippen molar-refractivity contribution < 1.29 is 0 Å². The maximum absolute atomic E-state index is 5.36. The van der Waals surface area contributed by atoms with Crippen LogP contribution in [0.15, 0.2) is 176 Å². The molecule has 0 amide bonds. The van der Waals surface area contributed by atoms with Crippen molar-refractivity contribution in [1.29, 1.82) is 0 Å². The lowest BCUT2D eigenvalue weighted by Gasteiger charge is -2.19. The van der Waals surface area contributed by atoms with E-state index in [1.54, 1.807) is 0 Å². The molecule has 3 nitrogen and oxygen atoms in total. The summed E-state index contributed by atoms with van der Waals surface area (Å²) in [6.45, 7) is 0. The molecule has 3 heteroatoms. The second-order valence-electron chi connectivity index (χ2n) is 16.0. The van der Waals surface area contributed by atoms with Gasteiger partial charge in [-0.3, -0.25) is 4.40 Å². The molecular weight excluding hydrogens is 715 g/mol. The van der Waals surface area contributed by atoms with Crippen molar-refractivity contribution in [2.24, 2.45) is 0 Å². The second kappa shape index (κ2) is 12.4. The molecule has 12 aromatic rings. The summed E-state index contributed by atoms with van der Waals surface area (Å²) in [5, 5.41) is 13.5. The molecule has 0 atom stereocenters. The quantitative estimate of drug-likeness (QED) is 0.133. The van der Waals surface area contributed by atoms with Crippen molar-refractivity contribution in [2.75, 3.05) is 0 Å². The Labute approximate surface area is 339 Å². The van der Waals surface area contributed by atoms with Gasteiger partial charge in [-0.25, -0.2) is 9.97 Å². The van der Waals surface area contributed by atoms with Crippen LogP contribution in [0.4, 0.5) is 0 Å². The molecule has 59 heavy (non-hydrogen) atoms. The molecule has 0 spiro atoms. The van der Waals surface area contributed by atoms with E-state index in [4.69, 9.17) is 9.97 Å². The highest BCUT2D eigenvalue weighted by molar-refractivity contribution is 6.16. The fourth-order valence-corrected chi connectivity index (χ4v) is 9.94. The Hall–Kier alpha value is -7.62. The molecular formula is C56H35N3. The topological polar surface area (TPSA) is 30.2 Å². The molecule has 0 unspecified atom stereocenters. The van der Waals surface area contributed by atoms with Crippen molar-refractivity contribution in [3.63, 3.8) is 0 Å². The third kappa shape index (κ3) is 4.88. The molecule has 0 aliphatic heterocycles. The number of hydrogen-bond donors (Lipinski definition) is 0. The molecule has 3 heterocycles. The summed E-state index contributed by atoms with van der Waals surface area (Å²) in [5.74, 6) is 0. The number of pyridine rings is 2. The van der Waals surface area contributed by atoms with Crippen molar-refractivity contribution in [3.8, 4) is 33.4 Å². The highest BCUT2D eigenvalue weighted by Crippen LogP contribution is 2.39. The van der Waals surface area contributed by atoms with E-state index in [1.807, 2.05) is 0 Å². The van der Waals surface area contributed by atoms with E-state index in [9.17, 15) is 0 Å². The molecule has 13 rings (SSSR count). The van der Waals surface area contributed by atoms with Crippen LogP contribution in [0.3, 0.4) is 0 Å². The summed E-state index contributed by atoms with van der Waals surface area (Å²) < 4.78 is 2.29. The van der Waals surface area contributed by atoms with Crippen molar-refractivity contribution in [1.82, 2.24) is 14.4 Å². The Morgan fingerprint density at radius 2 is 0.898 bits per heavy atom. The summed E-state index contributed by atoms with van der Waals surface area (Å²) in [7, 11) is 0. The molecule has 0 radical (unpaired) electrons. The number of hydrogen-bond acceptors (Lipinski definition) is 2. The molecule has 0 N–H and O–H groups in total. The highest BCUT2D eigenvalue weighted by atomic mass is 15.0. The van der Waals surface area contributed by atoms with Crippen LogP contribution in [-0.4, -0.2) is 14.4 Å². The predicted octanol–water partition coefficient (Wildman–Crippen LogP) is 13.2. The van der Waals surface area contributed by atoms with Gasteiger partial charge in [0.05, 0.1) is 27.6 Å². The number of benzene rings is 9. The molecule has 0 fully saturated rings. The Morgan fingerprint density at radius 1 is 0.356 bits per heavy atom. The van der Waals surface area contributed by atoms with Gasteiger partial charge in [0.25, 0.3) is 0 Å². The van der Waals surface area contributed by atoms with E-state index in [1.165, 1.54) is 70.6 Å². The number of rotatable bonds is 3. The lowest BCUT2D eigenvalue weighted by Crippen LogP contribution is -2.31. The van der Waals surface area contributed by atoms with Gasteiger partial charge in [0.15, 0.2) is 0 Å². The molecule has 0 bridgehead atoms. The lowest BCUT2D eigenvalue weighted by atomic mass is 9.84. The van der Waals surface area contributed by atoms with Crippen molar-refractivity contribution in [3.05, 3.63) is 186 Å². The number of para-hydroxylation sites is 3. The summed E-state index contributed by atoms with van der Waals surface area (Å²) >= 11 is 0. The summed E-state index contributed by atoms with van der Waals surface area (Å²) in [4.78, 5) is 10.6. The summed E-state index contributed by atoms with van der Waals surface area (Å²) in [6, 6.07) is 64.5. The summed E-state index contributed by atoms with van der Waals surface area (Å²) in [5.41, 5.74) is 13.5. The number of fused-ring (bicyclic) bond motifs is 13. The molecule has 1 aliphatic carbocycles. The van der Waals surface area contributed by atoms with E-state index >= 15 is 0 Å². The van der Waals surface area contributed by atoms with Gasteiger partial charge in [0.1, 0.15) is 5.65 Å². The Morgan fingerprint density at radius 3 is 1.59 bits per heavy atom. The standard InChI is InChI=1S/C56H35N3/c1-3-13-36-29-41(23-21-34(36)11-1)53-43-16-6-7-17-44(43)54(42-24-22-35-12-2-4-14-37(35)30-42)47-31-38(25-27-45(47)53)39-26-28-46-48(32-39)55-52(33-40-15-5-8-18-49(40)57-55)59-51-20-10-9-19-50(51)58-56(46)59/h1-5,8-33H,6-7H2. The number of aromatic nitrogens is 3. The largest absolute Gasteiger partial charge is 0.290 e. The van der Waals surface area contributed by atoms with Crippen LogP contribution in [0.5, 0.6) is 0 Å². The Bertz CT molecular complexity index is 3910. The van der Waals surface area contributed by atoms with E-state index in [-0.39, 0.29) is 0 Å². The van der Waals surface area contributed by atoms with Gasteiger partial charge in [-0.1, -0.05) is 133 Å². The normalized spacial score (nSPS) is 12.9. The smallest absolute Gasteiger partial charge is 0.146 e. The first-order valence-corrected chi connectivity index (χ1v) is 20.5. The van der Waals surface area contributed by atoms with Crippen LogP contribution in [0, 0.1) is 0 Å². The van der Waals surface area contributed by atoms with Gasteiger partial charge >= 0.3 is 0 Å². The Balaban J connectivity index is 1.12. The van der Waals surface area contributed by atoms with Gasteiger partial charge in [-0.15, -0.1) is 0 Å².